The molecule has 0 aromatic carbocycles. The van der Waals surface area contributed by atoms with E-state index in [-0.39, 0.29) is 18.2 Å². The zero-order valence-electron chi connectivity index (χ0n) is 9.69. The van der Waals surface area contributed by atoms with E-state index in [0.29, 0.717) is 0 Å². The third-order valence-corrected chi connectivity index (χ3v) is 2.98. The molecule has 0 aromatic rings. The number of rotatable bonds is 5. The van der Waals surface area contributed by atoms with E-state index in [9.17, 15) is 4.79 Å². The molecule has 4 atom stereocenters. The van der Waals surface area contributed by atoms with Crippen molar-refractivity contribution in [2.45, 2.75) is 64.3 Å². The molecular formula is C11H21NO3. The average Bonchev–Trinajstić information content (AvgIpc) is 2.60. The first kappa shape index (κ1) is 12.5. The summed E-state index contributed by atoms with van der Waals surface area (Å²) in [7, 11) is 0. The summed E-state index contributed by atoms with van der Waals surface area (Å²) >= 11 is 0. The smallest absolute Gasteiger partial charge is 0.323 e. The quantitative estimate of drug-likeness (QED) is 0.727. The van der Waals surface area contributed by atoms with Crippen molar-refractivity contribution in [3.8, 4) is 0 Å². The fourth-order valence-corrected chi connectivity index (χ4v) is 1.84. The maximum Gasteiger partial charge on any atom is 0.323 e. The second-order valence-corrected chi connectivity index (χ2v) is 4.35. The molecule has 1 heterocycles. The summed E-state index contributed by atoms with van der Waals surface area (Å²) in [6, 6.07) is -0.351. The number of aliphatic carboxylic acids is 1. The van der Waals surface area contributed by atoms with Crippen molar-refractivity contribution < 1.29 is 14.6 Å². The van der Waals surface area contributed by atoms with Crippen LogP contribution in [0.25, 0.3) is 0 Å². The molecule has 0 amide bonds. The second kappa shape index (κ2) is 5.47. The molecule has 0 radical (unpaired) electrons. The second-order valence-electron chi connectivity index (χ2n) is 4.35. The highest BCUT2D eigenvalue weighted by Gasteiger charge is 2.34. The van der Waals surface area contributed by atoms with Crippen LogP contribution in [0.4, 0.5) is 0 Å². The van der Waals surface area contributed by atoms with Gasteiger partial charge in [-0.05, 0) is 33.1 Å². The summed E-state index contributed by atoms with van der Waals surface area (Å²) in [5.74, 6) is -0.811. The van der Waals surface area contributed by atoms with Crippen LogP contribution in [0.1, 0.15) is 40.0 Å². The Hall–Kier alpha value is -0.610. The standard InChI is InChI=1S/C11H21NO3/c1-4-7(2)12-10(11(13)14)9-6-5-8(3)15-9/h7-10,12H,4-6H2,1-3H3,(H,13,14). The normalized spacial score (nSPS) is 30.1. The maximum absolute atomic E-state index is 11.1. The Bertz CT molecular complexity index is 220. The van der Waals surface area contributed by atoms with Crippen LogP contribution in [0.5, 0.6) is 0 Å². The van der Waals surface area contributed by atoms with Gasteiger partial charge in [0.2, 0.25) is 0 Å². The molecule has 0 aromatic heterocycles. The number of hydrogen-bond donors (Lipinski definition) is 2. The Morgan fingerprint density at radius 1 is 1.60 bits per heavy atom. The van der Waals surface area contributed by atoms with Crippen LogP contribution in [0.2, 0.25) is 0 Å². The van der Waals surface area contributed by atoms with E-state index in [1.54, 1.807) is 0 Å². The van der Waals surface area contributed by atoms with Gasteiger partial charge >= 0.3 is 5.97 Å². The van der Waals surface area contributed by atoms with Crippen molar-refractivity contribution in [3.05, 3.63) is 0 Å². The molecule has 4 heteroatoms. The Kier molecular flexibility index (Phi) is 4.54. The van der Waals surface area contributed by atoms with Crippen LogP contribution in [-0.2, 0) is 9.53 Å². The van der Waals surface area contributed by atoms with Gasteiger partial charge in [0.15, 0.2) is 0 Å². The summed E-state index contributed by atoms with van der Waals surface area (Å²) < 4.78 is 5.59. The van der Waals surface area contributed by atoms with Gasteiger partial charge in [-0.2, -0.15) is 0 Å². The monoisotopic (exact) mass is 215 g/mol. The predicted molar refractivity (Wildman–Crippen MR) is 57.9 cm³/mol. The summed E-state index contributed by atoms with van der Waals surface area (Å²) in [6.07, 6.45) is 2.73. The molecule has 0 saturated carbocycles. The number of carbonyl (C=O) groups is 1. The van der Waals surface area contributed by atoms with Gasteiger partial charge in [0.1, 0.15) is 6.04 Å². The van der Waals surface area contributed by atoms with Crippen LogP contribution < -0.4 is 5.32 Å². The molecule has 1 saturated heterocycles. The van der Waals surface area contributed by atoms with Crippen LogP contribution in [-0.4, -0.2) is 35.4 Å². The molecule has 4 unspecified atom stereocenters. The molecule has 0 aliphatic carbocycles. The Balaban J connectivity index is 2.54. The molecule has 88 valence electrons. The van der Waals surface area contributed by atoms with E-state index >= 15 is 0 Å². The van der Waals surface area contributed by atoms with Gasteiger partial charge in [-0.25, -0.2) is 0 Å². The Labute approximate surface area is 91.0 Å². The first-order valence-electron chi connectivity index (χ1n) is 5.69. The fourth-order valence-electron chi connectivity index (χ4n) is 1.84. The molecule has 0 bridgehead atoms. The van der Waals surface area contributed by atoms with Crippen molar-refractivity contribution in [3.63, 3.8) is 0 Å². The van der Waals surface area contributed by atoms with Gasteiger partial charge < -0.3 is 9.84 Å². The van der Waals surface area contributed by atoms with Crippen molar-refractivity contribution in [1.29, 1.82) is 0 Å². The summed E-state index contributed by atoms with van der Waals surface area (Å²) in [5, 5.41) is 12.2. The molecular weight excluding hydrogens is 194 g/mol. The lowest BCUT2D eigenvalue weighted by atomic mass is 10.1. The molecule has 1 aliphatic rings. The molecule has 1 rings (SSSR count). The topological polar surface area (TPSA) is 58.6 Å². The minimum Gasteiger partial charge on any atom is -0.480 e. The van der Waals surface area contributed by atoms with E-state index in [0.717, 1.165) is 19.3 Å². The SMILES string of the molecule is CCC(C)NC(C(=O)O)C1CCC(C)O1. The number of nitrogens with one attached hydrogen (secondary N) is 1. The van der Waals surface area contributed by atoms with E-state index in [1.807, 2.05) is 20.8 Å². The Morgan fingerprint density at radius 3 is 2.67 bits per heavy atom. The van der Waals surface area contributed by atoms with Crippen molar-refractivity contribution in [2.75, 3.05) is 0 Å². The van der Waals surface area contributed by atoms with Gasteiger partial charge in [-0.1, -0.05) is 6.92 Å². The number of carboxylic acid groups (broad SMARTS) is 1. The zero-order chi connectivity index (χ0) is 11.4. The van der Waals surface area contributed by atoms with Gasteiger partial charge in [-0.3, -0.25) is 10.1 Å². The van der Waals surface area contributed by atoms with Gasteiger partial charge in [0.25, 0.3) is 0 Å². The number of carboxylic acids is 1. The highest BCUT2D eigenvalue weighted by atomic mass is 16.5. The van der Waals surface area contributed by atoms with Crippen molar-refractivity contribution in [1.82, 2.24) is 5.32 Å². The van der Waals surface area contributed by atoms with E-state index in [4.69, 9.17) is 9.84 Å². The van der Waals surface area contributed by atoms with Crippen LogP contribution in [0, 0.1) is 0 Å². The number of hydrogen-bond acceptors (Lipinski definition) is 3. The van der Waals surface area contributed by atoms with Crippen LogP contribution in [0.3, 0.4) is 0 Å². The van der Waals surface area contributed by atoms with Crippen LogP contribution in [0.15, 0.2) is 0 Å². The summed E-state index contributed by atoms with van der Waals surface area (Å²) in [6.45, 7) is 6.02. The predicted octanol–water partition coefficient (Wildman–Crippen LogP) is 1.40. The van der Waals surface area contributed by atoms with Crippen LogP contribution >= 0.6 is 0 Å². The third-order valence-electron chi connectivity index (χ3n) is 2.98. The van der Waals surface area contributed by atoms with E-state index < -0.39 is 12.0 Å². The largest absolute Gasteiger partial charge is 0.480 e. The van der Waals surface area contributed by atoms with Gasteiger partial charge in [0, 0.05) is 6.04 Å². The minimum absolute atomic E-state index is 0.175. The maximum atomic E-state index is 11.1. The van der Waals surface area contributed by atoms with Gasteiger partial charge in [-0.15, -0.1) is 0 Å². The van der Waals surface area contributed by atoms with Crippen molar-refractivity contribution in [2.24, 2.45) is 0 Å². The molecule has 1 aliphatic heterocycles. The molecule has 15 heavy (non-hydrogen) atoms. The first-order valence-corrected chi connectivity index (χ1v) is 5.69. The fraction of sp³-hybridized carbons (Fsp3) is 0.909. The highest BCUT2D eigenvalue weighted by molar-refractivity contribution is 5.74. The lowest BCUT2D eigenvalue weighted by Crippen LogP contribution is -2.49. The van der Waals surface area contributed by atoms with Crippen molar-refractivity contribution >= 4 is 5.97 Å². The molecule has 2 N–H and O–H groups in total. The third kappa shape index (κ3) is 3.47. The van der Waals surface area contributed by atoms with Gasteiger partial charge in [0.05, 0.1) is 12.2 Å². The number of ether oxygens (including phenoxy) is 1. The zero-order valence-corrected chi connectivity index (χ0v) is 9.69. The first-order chi connectivity index (χ1) is 7.04. The Morgan fingerprint density at radius 2 is 2.27 bits per heavy atom. The molecule has 4 nitrogen and oxygen atoms in total. The summed E-state index contributed by atoms with van der Waals surface area (Å²) in [4.78, 5) is 11.1. The van der Waals surface area contributed by atoms with E-state index in [1.165, 1.54) is 0 Å². The summed E-state index contributed by atoms with van der Waals surface area (Å²) in [5.41, 5.74) is 0. The molecule has 0 spiro atoms. The average molecular weight is 215 g/mol. The minimum atomic E-state index is -0.811. The highest BCUT2D eigenvalue weighted by Crippen LogP contribution is 2.22. The lowest BCUT2D eigenvalue weighted by molar-refractivity contribution is -0.143. The lowest BCUT2D eigenvalue weighted by Gasteiger charge is -2.24. The van der Waals surface area contributed by atoms with E-state index in [2.05, 4.69) is 5.32 Å². The molecule has 1 fully saturated rings.